The second-order valence-corrected chi connectivity index (χ2v) is 11.1. The highest BCUT2D eigenvalue weighted by Gasteiger charge is 2.34. The molecular weight excluding hydrogens is 555 g/mol. The van der Waals surface area contributed by atoms with Gasteiger partial charge in [-0.25, -0.2) is 4.68 Å². The molecule has 0 saturated carbocycles. The number of halogens is 3. The van der Waals surface area contributed by atoms with Crippen LogP contribution in [-0.2, 0) is 19.1 Å². The lowest BCUT2D eigenvalue weighted by Crippen LogP contribution is -2.49. The Hall–Kier alpha value is -4.51. The molecule has 2 aromatic heterocycles. The summed E-state index contributed by atoms with van der Waals surface area (Å²) in [7, 11) is 0. The number of piperazine rings is 1. The van der Waals surface area contributed by atoms with E-state index in [9.17, 15) is 18.0 Å². The number of benzene rings is 3. The van der Waals surface area contributed by atoms with Crippen molar-refractivity contribution >= 4 is 16.6 Å². The molecule has 3 heterocycles. The summed E-state index contributed by atoms with van der Waals surface area (Å²) < 4.78 is 41.9. The Kier molecular flexibility index (Phi) is 7.74. The van der Waals surface area contributed by atoms with Crippen LogP contribution in [0, 0.1) is 13.8 Å². The molecule has 0 radical (unpaired) electrons. The highest BCUT2D eigenvalue weighted by Crippen LogP contribution is 2.33. The van der Waals surface area contributed by atoms with E-state index < -0.39 is 17.8 Å². The quantitative estimate of drug-likeness (QED) is 0.278. The number of hydrogen-bond acceptors (Lipinski definition) is 6. The van der Waals surface area contributed by atoms with Crippen molar-refractivity contribution in [2.75, 3.05) is 31.1 Å². The number of aromatic amines is 1. The van der Waals surface area contributed by atoms with Crippen LogP contribution in [0.25, 0.3) is 10.9 Å². The summed E-state index contributed by atoms with van der Waals surface area (Å²) in [6.45, 7) is 6.47. The van der Waals surface area contributed by atoms with Crippen LogP contribution in [0.3, 0.4) is 0 Å². The maximum atomic E-state index is 13.7. The van der Waals surface area contributed by atoms with Crippen LogP contribution in [0.5, 0.6) is 0 Å². The summed E-state index contributed by atoms with van der Waals surface area (Å²) in [6, 6.07) is 20.9. The third-order valence-corrected chi connectivity index (χ3v) is 8.09. The van der Waals surface area contributed by atoms with E-state index in [1.165, 1.54) is 12.1 Å². The van der Waals surface area contributed by atoms with Crippen LogP contribution in [-0.4, -0.2) is 56.3 Å². The van der Waals surface area contributed by atoms with Crippen LogP contribution >= 0.6 is 0 Å². The number of alkyl halides is 3. The molecule has 0 unspecified atom stereocenters. The minimum Gasteiger partial charge on any atom is -0.369 e. The van der Waals surface area contributed by atoms with Crippen molar-refractivity contribution in [2.24, 2.45) is 0 Å². The number of nitrogens with one attached hydrogen (secondary N) is 1. The van der Waals surface area contributed by atoms with Crippen molar-refractivity contribution in [2.45, 2.75) is 39.0 Å². The maximum Gasteiger partial charge on any atom is 0.416 e. The van der Waals surface area contributed by atoms with Crippen molar-refractivity contribution in [3.05, 3.63) is 117 Å². The minimum atomic E-state index is -4.41. The van der Waals surface area contributed by atoms with Gasteiger partial charge in [-0.15, -0.1) is 5.10 Å². The molecule has 0 spiro atoms. The molecule has 0 bridgehead atoms. The fourth-order valence-corrected chi connectivity index (χ4v) is 5.97. The monoisotopic (exact) mass is 587 g/mol. The Morgan fingerprint density at radius 2 is 1.70 bits per heavy atom. The molecule has 8 nitrogen and oxygen atoms in total. The molecule has 1 atom stereocenters. The van der Waals surface area contributed by atoms with E-state index in [2.05, 4.69) is 25.4 Å². The van der Waals surface area contributed by atoms with Crippen molar-refractivity contribution < 1.29 is 13.2 Å². The van der Waals surface area contributed by atoms with Gasteiger partial charge < -0.3 is 9.88 Å². The molecule has 3 aromatic carbocycles. The Morgan fingerprint density at radius 3 is 2.44 bits per heavy atom. The number of hydrogen-bond donors (Lipinski definition) is 1. The number of H-pyrrole nitrogens is 1. The van der Waals surface area contributed by atoms with Gasteiger partial charge in [0.1, 0.15) is 6.04 Å². The standard InChI is InChI=1S/C32H32F3N7O/c1-21-17-22(2)28-24(18-21)19-27(31(43)36-28)29(30-37-38-39-42(30)12-11-23-7-4-3-5-8-23)41-15-13-40(14-16-41)26-10-6-9-25(20-26)32(33,34)35/h3-10,17-20,29H,11-16H2,1-2H3,(H,36,43)/t29-/m0/s1. The van der Waals surface area contributed by atoms with E-state index in [1.54, 1.807) is 10.7 Å². The normalized spacial score (nSPS) is 15.2. The zero-order valence-electron chi connectivity index (χ0n) is 24.0. The maximum absolute atomic E-state index is 13.7. The summed E-state index contributed by atoms with van der Waals surface area (Å²) >= 11 is 0. The van der Waals surface area contributed by atoms with Gasteiger partial charge in [0.25, 0.3) is 5.56 Å². The number of fused-ring (bicyclic) bond motifs is 1. The number of aromatic nitrogens is 5. The van der Waals surface area contributed by atoms with Gasteiger partial charge in [-0.05, 0) is 77.5 Å². The van der Waals surface area contributed by atoms with Gasteiger partial charge in [0.2, 0.25) is 0 Å². The van der Waals surface area contributed by atoms with Gasteiger partial charge in [0, 0.05) is 44.0 Å². The van der Waals surface area contributed by atoms with Gasteiger partial charge in [0.15, 0.2) is 5.82 Å². The average molecular weight is 588 g/mol. The van der Waals surface area contributed by atoms with E-state index in [-0.39, 0.29) is 5.56 Å². The first-order chi connectivity index (χ1) is 20.7. The number of pyridine rings is 1. The number of anilines is 1. The first-order valence-corrected chi connectivity index (χ1v) is 14.3. The molecule has 11 heteroatoms. The molecule has 1 aliphatic heterocycles. The third-order valence-electron chi connectivity index (χ3n) is 8.09. The molecule has 0 amide bonds. The number of nitrogens with zero attached hydrogens (tertiary/aromatic N) is 6. The lowest BCUT2D eigenvalue weighted by molar-refractivity contribution is -0.137. The zero-order valence-corrected chi connectivity index (χ0v) is 24.0. The van der Waals surface area contributed by atoms with E-state index in [4.69, 9.17) is 0 Å². The van der Waals surface area contributed by atoms with Crippen molar-refractivity contribution in [3.8, 4) is 0 Å². The highest BCUT2D eigenvalue weighted by molar-refractivity contribution is 5.83. The van der Waals surface area contributed by atoms with Gasteiger partial charge in [-0.1, -0.05) is 48.0 Å². The van der Waals surface area contributed by atoms with Gasteiger partial charge in [0.05, 0.1) is 11.1 Å². The molecule has 1 N–H and O–H groups in total. The summed E-state index contributed by atoms with van der Waals surface area (Å²) in [5.74, 6) is 0.553. The molecule has 1 fully saturated rings. The molecule has 5 aromatic rings. The van der Waals surface area contributed by atoms with Gasteiger partial charge in [-0.3, -0.25) is 9.69 Å². The molecule has 1 saturated heterocycles. The minimum absolute atomic E-state index is 0.220. The second kappa shape index (κ2) is 11.6. The van der Waals surface area contributed by atoms with Gasteiger partial charge >= 0.3 is 6.18 Å². The van der Waals surface area contributed by atoms with Crippen LogP contribution < -0.4 is 10.5 Å². The fraction of sp³-hybridized carbons (Fsp3) is 0.312. The van der Waals surface area contributed by atoms with E-state index >= 15 is 0 Å². The first kappa shape index (κ1) is 28.6. The molecular formula is C32H32F3N7O. The van der Waals surface area contributed by atoms with Crippen LogP contribution in [0.4, 0.5) is 18.9 Å². The smallest absolute Gasteiger partial charge is 0.369 e. The first-order valence-electron chi connectivity index (χ1n) is 14.3. The predicted octanol–water partition coefficient (Wildman–Crippen LogP) is 5.30. The summed E-state index contributed by atoms with van der Waals surface area (Å²) in [5.41, 5.74) is 4.16. The third kappa shape index (κ3) is 6.03. The summed E-state index contributed by atoms with van der Waals surface area (Å²) in [5, 5.41) is 13.6. The topological polar surface area (TPSA) is 82.9 Å². The highest BCUT2D eigenvalue weighted by atomic mass is 19.4. The van der Waals surface area contributed by atoms with Crippen LogP contribution in [0.15, 0.2) is 77.6 Å². The zero-order chi connectivity index (χ0) is 30.1. The molecule has 6 rings (SSSR count). The Balaban J connectivity index is 1.35. The summed E-state index contributed by atoms with van der Waals surface area (Å²) in [4.78, 5) is 20.9. The number of rotatable bonds is 7. The second-order valence-electron chi connectivity index (χ2n) is 11.1. The lowest BCUT2D eigenvalue weighted by atomic mass is 10.00. The van der Waals surface area contributed by atoms with E-state index in [0.717, 1.165) is 33.7 Å². The Labute approximate surface area is 246 Å². The molecule has 1 aliphatic rings. The summed E-state index contributed by atoms with van der Waals surface area (Å²) in [6.07, 6.45) is -3.70. The van der Waals surface area contributed by atoms with Crippen molar-refractivity contribution in [1.82, 2.24) is 30.1 Å². The average Bonchev–Trinajstić information content (AvgIpc) is 3.45. The Bertz CT molecular complexity index is 1790. The predicted molar refractivity (Wildman–Crippen MR) is 159 cm³/mol. The number of tetrazole rings is 1. The van der Waals surface area contributed by atoms with Crippen LogP contribution in [0.1, 0.15) is 39.7 Å². The SMILES string of the molecule is Cc1cc(C)c2[nH]c(=O)c([C@@H](c3nnnn3CCc3ccccc3)N3CCN(c4cccc(C(F)(F)F)c4)CC3)cc2c1. The Morgan fingerprint density at radius 1 is 0.930 bits per heavy atom. The van der Waals surface area contributed by atoms with Crippen molar-refractivity contribution in [1.29, 1.82) is 0 Å². The van der Waals surface area contributed by atoms with Gasteiger partial charge in [-0.2, -0.15) is 13.2 Å². The largest absolute Gasteiger partial charge is 0.416 e. The van der Waals surface area contributed by atoms with Crippen LogP contribution in [0.2, 0.25) is 0 Å². The fourth-order valence-electron chi connectivity index (χ4n) is 5.97. The van der Waals surface area contributed by atoms with E-state index in [1.807, 2.05) is 67.3 Å². The van der Waals surface area contributed by atoms with E-state index in [0.29, 0.717) is 56.2 Å². The van der Waals surface area contributed by atoms with Crippen molar-refractivity contribution in [3.63, 3.8) is 0 Å². The molecule has 222 valence electrons. The number of aryl methyl sites for hydroxylation is 4. The molecule has 0 aliphatic carbocycles. The molecule has 43 heavy (non-hydrogen) atoms. The lowest BCUT2D eigenvalue weighted by Gasteiger charge is -2.39.